The molecule has 0 fully saturated rings. The van der Waals surface area contributed by atoms with Crippen molar-refractivity contribution in [3.8, 4) is 11.5 Å². The number of hydrogen-bond acceptors (Lipinski definition) is 2. The molecule has 0 aliphatic rings. The van der Waals surface area contributed by atoms with Gasteiger partial charge in [0.2, 0.25) is 5.78 Å². The maximum Gasteiger partial charge on any atom is 0.207 e. The number of carbonyl (C=O) groups excluding carboxylic acids is 1. The monoisotopic (exact) mass is 284 g/mol. The molecule has 0 aromatic heterocycles. The minimum atomic E-state index is -1.72. The van der Waals surface area contributed by atoms with Crippen molar-refractivity contribution in [1.82, 2.24) is 0 Å². The van der Waals surface area contributed by atoms with E-state index in [1.807, 2.05) is 0 Å². The molecular weight excluding hydrogens is 256 g/mol. The standard InChI is InChI=1S/C14H28O2Si2/c1-14(2,3)18(7,8)16-11-9-13(15)10-12-17(4,5)6/h9,11H2,1-8H3. The Bertz CT molecular complexity index is 349. The normalized spacial score (nSPS) is 12.9. The molecule has 0 N–H and O–H groups in total. The molecule has 0 bridgehead atoms. The van der Waals surface area contributed by atoms with Crippen LogP contribution in [0.5, 0.6) is 0 Å². The molecule has 0 atom stereocenters. The fraction of sp³-hybridized carbons (Fsp3) is 0.786. The lowest BCUT2D eigenvalue weighted by Gasteiger charge is -2.36. The Balaban J connectivity index is 4.21. The Morgan fingerprint density at radius 3 is 2.00 bits per heavy atom. The second kappa shape index (κ2) is 6.18. The summed E-state index contributed by atoms with van der Waals surface area (Å²) >= 11 is 0. The second-order valence-electron chi connectivity index (χ2n) is 7.28. The smallest absolute Gasteiger partial charge is 0.207 e. The summed E-state index contributed by atoms with van der Waals surface area (Å²) in [4.78, 5) is 11.6. The van der Waals surface area contributed by atoms with Crippen molar-refractivity contribution in [3.63, 3.8) is 0 Å². The van der Waals surface area contributed by atoms with Crippen molar-refractivity contribution < 1.29 is 9.22 Å². The molecule has 0 aliphatic heterocycles. The summed E-state index contributed by atoms with van der Waals surface area (Å²) in [6, 6.07) is 0. The van der Waals surface area contributed by atoms with E-state index in [1.54, 1.807) is 0 Å². The summed E-state index contributed by atoms with van der Waals surface area (Å²) in [5.74, 6) is 2.77. The number of ketones is 1. The summed E-state index contributed by atoms with van der Waals surface area (Å²) in [6.45, 7) is 17.9. The van der Waals surface area contributed by atoms with Crippen LogP contribution in [-0.4, -0.2) is 28.8 Å². The van der Waals surface area contributed by atoms with Crippen LogP contribution in [0.1, 0.15) is 27.2 Å². The van der Waals surface area contributed by atoms with Gasteiger partial charge in [0.25, 0.3) is 0 Å². The minimum Gasteiger partial charge on any atom is -0.416 e. The van der Waals surface area contributed by atoms with Gasteiger partial charge < -0.3 is 4.43 Å². The second-order valence-corrected chi connectivity index (χ2v) is 16.8. The van der Waals surface area contributed by atoms with Gasteiger partial charge in [0.15, 0.2) is 8.32 Å². The number of Topliss-reactive ketones (excluding diaryl/α,β-unsaturated/α-hetero) is 1. The van der Waals surface area contributed by atoms with Gasteiger partial charge in [-0.1, -0.05) is 40.4 Å². The lowest BCUT2D eigenvalue weighted by Crippen LogP contribution is -2.41. The van der Waals surface area contributed by atoms with Crippen molar-refractivity contribution in [2.75, 3.05) is 6.61 Å². The van der Waals surface area contributed by atoms with Crippen molar-refractivity contribution in [2.45, 2.75) is 65.0 Å². The zero-order valence-electron chi connectivity index (χ0n) is 13.2. The van der Waals surface area contributed by atoms with Gasteiger partial charge >= 0.3 is 0 Å². The van der Waals surface area contributed by atoms with E-state index in [4.69, 9.17) is 4.43 Å². The molecule has 0 spiro atoms. The van der Waals surface area contributed by atoms with E-state index in [-0.39, 0.29) is 10.8 Å². The molecule has 0 aromatic rings. The van der Waals surface area contributed by atoms with Gasteiger partial charge in [-0.05, 0) is 24.1 Å². The average Bonchev–Trinajstić information content (AvgIpc) is 2.11. The van der Waals surface area contributed by atoms with Crippen molar-refractivity contribution >= 4 is 22.2 Å². The summed E-state index contributed by atoms with van der Waals surface area (Å²) in [7, 11) is -3.16. The number of rotatable bonds is 4. The van der Waals surface area contributed by atoms with Gasteiger partial charge in [-0.3, -0.25) is 4.79 Å². The molecule has 0 aliphatic carbocycles. The van der Waals surface area contributed by atoms with Gasteiger partial charge in [-0.25, -0.2) is 0 Å². The first kappa shape index (κ1) is 17.6. The lowest BCUT2D eigenvalue weighted by molar-refractivity contribution is -0.114. The zero-order chi connectivity index (χ0) is 14.6. The maximum absolute atomic E-state index is 11.6. The van der Waals surface area contributed by atoms with Gasteiger partial charge in [-0.15, -0.1) is 5.54 Å². The van der Waals surface area contributed by atoms with Crippen molar-refractivity contribution in [1.29, 1.82) is 0 Å². The molecule has 2 nitrogen and oxygen atoms in total. The predicted molar refractivity (Wildman–Crippen MR) is 83.9 cm³/mol. The average molecular weight is 285 g/mol. The van der Waals surface area contributed by atoms with Gasteiger partial charge in [-0.2, -0.15) is 0 Å². The quantitative estimate of drug-likeness (QED) is 0.579. The van der Waals surface area contributed by atoms with Gasteiger partial charge in [0.1, 0.15) is 8.07 Å². The van der Waals surface area contributed by atoms with E-state index in [9.17, 15) is 4.79 Å². The van der Waals surface area contributed by atoms with Crippen LogP contribution < -0.4 is 0 Å². The molecule has 18 heavy (non-hydrogen) atoms. The number of carbonyl (C=O) groups is 1. The van der Waals surface area contributed by atoms with Crippen LogP contribution in [0.15, 0.2) is 0 Å². The first-order chi connectivity index (χ1) is 7.85. The van der Waals surface area contributed by atoms with E-state index in [2.05, 4.69) is 65.0 Å². The van der Waals surface area contributed by atoms with Crippen LogP contribution in [0, 0.1) is 11.5 Å². The van der Waals surface area contributed by atoms with Gasteiger partial charge in [0, 0.05) is 13.0 Å². The Labute approximate surface area is 115 Å². The highest BCUT2D eigenvalue weighted by atomic mass is 28.4. The summed E-state index contributed by atoms with van der Waals surface area (Å²) in [5, 5.41) is 0.194. The third-order valence-corrected chi connectivity index (χ3v) is 8.59. The molecule has 0 amide bonds. The summed E-state index contributed by atoms with van der Waals surface area (Å²) < 4.78 is 5.96. The van der Waals surface area contributed by atoms with Crippen LogP contribution in [0.25, 0.3) is 0 Å². The topological polar surface area (TPSA) is 26.3 Å². The van der Waals surface area contributed by atoms with E-state index < -0.39 is 16.4 Å². The van der Waals surface area contributed by atoms with Crippen molar-refractivity contribution in [3.05, 3.63) is 0 Å². The third kappa shape index (κ3) is 7.15. The largest absolute Gasteiger partial charge is 0.416 e. The minimum absolute atomic E-state index is 0.0103. The Morgan fingerprint density at radius 1 is 1.11 bits per heavy atom. The SMILES string of the molecule is CC(C)(C)[Si](C)(C)OCCC(=O)C#C[Si](C)(C)C. The highest BCUT2D eigenvalue weighted by Gasteiger charge is 2.36. The maximum atomic E-state index is 11.6. The highest BCUT2D eigenvalue weighted by molar-refractivity contribution is 6.84. The highest BCUT2D eigenvalue weighted by Crippen LogP contribution is 2.36. The summed E-state index contributed by atoms with van der Waals surface area (Å²) in [6.07, 6.45) is 0.421. The summed E-state index contributed by atoms with van der Waals surface area (Å²) in [5.41, 5.74) is 3.09. The molecule has 104 valence electrons. The van der Waals surface area contributed by atoms with Crippen LogP contribution >= 0.6 is 0 Å². The molecule has 0 saturated carbocycles. The molecule has 0 heterocycles. The Kier molecular flexibility index (Phi) is 6.05. The van der Waals surface area contributed by atoms with Crippen LogP contribution in [0.4, 0.5) is 0 Å². The number of hydrogen-bond donors (Lipinski definition) is 0. The molecule has 0 rings (SSSR count). The van der Waals surface area contributed by atoms with Crippen LogP contribution in [-0.2, 0) is 9.22 Å². The van der Waals surface area contributed by atoms with Gasteiger partial charge in [0.05, 0.1) is 0 Å². The molecular formula is C14H28O2Si2. The third-order valence-electron chi connectivity index (χ3n) is 3.18. The predicted octanol–water partition coefficient (Wildman–Crippen LogP) is 3.85. The fourth-order valence-electron chi connectivity index (χ4n) is 0.935. The van der Waals surface area contributed by atoms with E-state index >= 15 is 0 Å². The van der Waals surface area contributed by atoms with E-state index in [1.165, 1.54) is 0 Å². The van der Waals surface area contributed by atoms with E-state index in [0.29, 0.717) is 13.0 Å². The molecule has 0 aromatic carbocycles. The van der Waals surface area contributed by atoms with Crippen LogP contribution in [0.3, 0.4) is 0 Å². The van der Waals surface area contributed by atoms with E-state index in [0.717, 1.165) is 0 Å². The fourth-order valence-corrected chi connectivity index (χ4v) is 2.49. The molecule has 0 radical (unpaired) electrons. The first-order valence-corrected chi connectivity index (χ1v) is 13.0. The van der Waals surface area contributed by atoms with Crippen LogP contribution in [0.2, 0.25) is 37.8 Å². The molecule has 0 saturated heterocycles. The molecule has 0 unspecified atom stereocenters. The Hall–Kier alpha value is -0.376. The molecule has 4 heteroatoms. The zero-order valence-corrected chi connectivity index (χ0v) is 15.2. The van der Waals surface area contributed by atoms with Crippen molar-refractivity contribution in [2.24, 2.45) is 0 Å². The first-order valence-electron chi connectivity index (χ1n) is 6.55. The lowest BCUT2D eigenvalue weighted by atomic mass is 10.2. The Morgan fingerprint density at radius 2 is 1.61 bits per heavy atom.